The normalized spacial score (nSPS) is 11.0. The number of carbonyl (C=O) groups is 1. The third-order valence-electron chi connectivity index (χ3n) is 5.48. The molecule has 8 heteroatoms. The van der Waals surface area contributed by atoms with Gasteiger partial charge in [0, 0.05) is 18.2 Å². The summed E-state index contributed by atoms with van der Waals surface area (Å²) in [5.41, 5.74) is 4.99. The Bertz CT molecular complexity index is 1350. The molecule has 2 heterocycles. The van der Waals surface area contributed by atoms with Gasteiger partial charge in [-0.05, 0) is 61.7 Å². The lowest BCUT2D eigenvalue weighted by Crippen LogP contribution is -2.32. The zero-order valence-electron chi connectivity index (χ0n) is 18.5. The molecular weight excluding hydrogens is 406 g/mol. The molecule has 0 aliphatic rings. The summed E-state index contributed by atoms with van der Waals surface area (Å²) in [5.74, 6) is 0.966. The lowest BCUT2D eigenvalue weighted by atomic mass is 10.1. The Morgan fingerprint density at radius 2 is 1.78 bits per heavy atom. The van der Waals surface area contributed by atoms with Crippen LogP contribution in [0.5, 0.6) is 5.75 Å². The summed E-state index contributed by atoms with van der Waals surface area (Å²) in [6.07, 6.45) is 0. The molecule has 0 unspecified atom stereocenters. The topological polar surface area (TPSA) is 90.5 Å². The highest BCUT2D eigenvalue weighted by atomic mass is 16.5. The van der Waals surface area contributed by atoms with Gasteiger partial charge in [-0.25, -0.2) is 18.9 Å². The van der Waals surface area contributed by atoms with Crippen LogP contribution in [0.2, 0.25) is 0 Å². The molecule has 164 valence electrons. The van der Waals surface area contributed by atoms with Crippen molar-refractivity contribution < 1.29 is 9.53 Å². The number of methoxy groups -OCH3 is 1. The number of amides is 1. The minimum absolute atomic E-state index is 0.164. The summed E-state index contributed by atoms with van der Waals surface area (Å²) < 4.78 is 7.77. The predicted octanol–water partition coefficient (Wildman–Crippen LogP) is 2.81. The second-order valence-electron chi connectivity index (χ2n) is 7.75. The van der Waals surface area contributed by atoms with E-state index in [4.69, 9.17) is 4.74 Å². The Balaban J connectivity index is 1.54. The second-order valence-corrected chi connectivity index (χ2v) is 7.75. The maximum Gasteiger partial charge on any atom is 0.352 e. The van der Waals surface area contributed by atoms with Crippen molar-refractivity contribution in [3.63, 3.8) is 0 Å². The summed E-state index contributed by atoms with van der Waals surface area (Å²) in [6, 6.07) is 15.3. The predicted molar refractivity (Wildman–Crippen MR) is 122 cm³/mol. The number of ether oxygens (including phenoxy) is 1. The first-order chi connectivity index (χ1) is 15.4. The molecule has 0 saturated carbocycles. The molecule has 2 aromatic heterocycles. The van der Waals surface area contributed by atoms with Gasteiger partial charge >= 0.3 is 5.69 Å². The number of fused-ring (bicyclic) bond motifs is 1. The highest BCUT2D eigenvalue weighted by Gasteiger charge is 2.15. The van der Waals surface area contributed by atoms with Gasteiger partial charge in [-0.2, -0.15) is 0 Å². The van der Waals surface area contributed by atoms with E-state index in [0.29, 0.717) is 23.7 Å². The van der Waals surface area contributed by atoms with E-state index in [2.05, 4.69) is 15.4 Å². The smallest absolute Gasteiger partial charge is 0.352 e. The Kier molecular flexibility index (Phi) is 5.77. The lowest BCUT2D eigenvalue weighted by Gasteiger charge is -2.07. The van der Waals surface area contributed by atoms with Crippen LogP contribution in [0.4, 0.5) is 0 Å². The first-order valence-corrected chi connectivity index (χ1v) is 10.3. The minimum Gasteiger partial charge on any atom is -0.497 e. The second kappa shape index (κ2) is 8.66. The van der Waals surface area contributed by atoms with Crippen molar-refractivity contribution in [1.29, 1.82) is 0 Å². The standard InChI is InChI=1S/C24H25N5O3/c1-15-5-6-18(11-16(15)2)13-25-23(30)14-28-24(31)29-17(3)26-21(12-22(29)27-28)19-7-9-20(32-4)10-8-19/h5-12H,13-14H2,1-4H3,(H,25,30). The molecule has 0 atom stereocenters. The molecule has 2 aromatic carbocycles. The fraction of sp³-hybridized carbons (Fsp3) is 0.250. The van der Waals surface area contributed by atoms with Crippen LogP contribution in [0.3, 0.4) is 0 Å². The molecule has 0 fully saturated rings. The molecule has 0 aliphatic carbocycles. The summed E-state index contributed by atoms with van der Waals surface area (Å²) in [5, 5.41) is 7.21. The Morgan fingerprint density at radius 1 is 1.03 bits per heavy atom. The lowest BCUT2D eigenvalue weighted by molar-refractivity contribution is -0.122. The highest BCUT2D eigenvalue weighted by molar-refractivity contribution is 5.75. The molecule has 4 rings (SSSR count). The van der Waals surface area contributed by atoms with E-state index in [0.717, 1.165) is 21.6 Å². The van der Waals surface area contributed by atoms with Gasteiger partial charge in [0.2, 0.25) is 5.91 Å². The van der Waals surface area contributed by atoms with Crippen molar-refractivity contribution in [2.45, 2.75) is 33.9 Å². The Hall–Kier alpha value is -3.94. The Labute approximate surface area is 185 Å². The molecule has 0 bridgehead atoms. The van der Waals surface area contributed by atoms with Gasteiger partial charge in [0.15, 0.2) is 5.65 Å². The fourth-order valence-electron chi connectivity index (χ4n) is 3.52. The Morgan fingerprint density at radius 3 is 2.47 bits per heavy atom. The number of nitrogens with one attached hydrogen (secondary N) is 1. The van der Waals surface area contributed by atoms with Crippen LogP contribution in [0.1, 0.15) is 22.5 Å². The van der Waals surface area contributed by atoms with E-state index >= 15 is 0 Å². The summed E-state index contributed by atoms with van der Waals surface area (Å²) in [7, 11) is 1.61. The van der Waals surface area contributed by atoms with Crippen LogP contribution < -0.4 is 15.7 Å². The van der Waals surface area contributed by atoms with Gasteiger partial charge in [-0.15, -0.1) is 5.10 Å². The number of hydrogen-bond donors (Lipinski definition) is 1. The number of aryl methyl sites for hydroxylation is 3. The van der Waals surface area contributed by atoms with Gasteiger partial charge in [-0.3, -0.25) is 4.79 Å². The minimum atomic E-state index is -0.396. The van der Waals surface area contributed by atoms with Gasteiger partial charge < -0.3 is 10.1 Å². The fourth-order valence-corrected chi connectivity index (χ4v) is 3.52. The number of nitrogens with zero attached hydrogens (tertiary/aromatic N) is 4. The molecule has 32 heavy (non-hydrogen) atoms. The molecule has 8 nitrogen and oxygen atoms in total. The van der Waals surface area contributed by atoms with E-state index in [1.54, 1.807) is 20.1 Å². The molecule has 0 radical (unpaired) electrons. The van der Waals surface area contributed by atoms with Crippen LogP contribution in [0.25, 0.3) is 16.9 Å². The number of hydrogen-bond acceptors (Lipinski definition) is 5. The van der Waals surface area contributed by atoms with E-state index < -0.39 is 5.69 Å². The summed E-state index contributed by atoms with van der Waals surface area (Å²) in [6.45, 7) is 6.05. The van der Waals surface area contributed by atoms with Gasteiger partial charge in [-0.1, -0.05) is 18.2 Å². The van der Waals surface area contributed by atoms with E-state index in [1.165, 1.54) is 15.5 Å². The maximum absolute atomic E-state index is 12.8. The third kappa shape index (κ3) is 4.25. The largest absolute Gasteiger partial charge is 0.497 e. The maximum atomic E-state index is 12.8. The first-order valence-electron chi connectivity index (χ1n) is 10.3. The van der Waals surface area contributed by atoms with Crippen LogP contribution in [0, 0.1) is 20.8 Å². The highest BCUT2D eigenvalue weighted by Crippen LogP contribution is 2.21. The summed E-state index contributed by atoms with van der Waals surface area (Å²) in [4.78, 5) is 29.8. The quantitative estimate of drug-likeness (QED) is 0.507. The summed E-state index contributed by atoms with van der Waals surface area (Å²) >= 11 is 0. The molecule has 4 aromatic rings. The molecule has 0 saturated heterocycles. The monoisotopic (exact) mass is 431 g/mol. The van der Waals surface area contributed by atoms with Crippen LogP contribution in [-0.2, 0) is 17.9 Å². The van der Waals surface area contributed by atoms with Crippen molar-refractivity contribution in [3.05, 3.63) is 81.5 Å². The molecule has 1 N–H and O–H groups in total. The molecular formula is C24H25N5O3. The zero-order chi connectivity index (χ0) is 22.8. The van der Waals surface area contributed by atoms with Crippen molar-refractivity contribution >= 4 is 11.6 Å². The molecule has 0 spiro atoms. The number of rotatable bonds is 6. The van der Waals surface area contributed by atoms with Gasteiger partial charge in [0.1, 0.15) is 18.1 Å². The molecule has 1 amide bonds. The first kappa shape index (κ1) is 21.3. The average Bonchev–Trinajstić information content (AvgIpc) is 3.10. The number of carbonyl (C=O) groups excluding carboxylic acids is 1. The van der Waals surface area contributed by atoms with Crippen molar-refractivity contribution in [3.8, 4) is 17.0 Å². The van der Waals surface area contributed by atoms with Crippen LogP contribution in [0.15, 0.2) is 53.3 Å². The van der Waals surface area contributed by atoms with Crippen molar-refractivity contribution in [2.75, 3.05) is 7.11 Å². The third-order valence-corrected chi connectivity index (χ3v) is 5.48. The van der Waals surface area contributed by atoms with E-state index in [9.17, 15) is 9.59 Å². The van der Waals surface area contributed by atoms with Crippen LogP contribution in [-0.4, -0.2) is 32.2 Å². The zero-order valence-corrected chi connectivity index (χ0v) is 18.5. The van der Waals surface area contributed by atoms with Gasteiger partial charge in [0.05, 0.1) is 12.8 Å². The van der Waals surface area contributed by atoms with Gasteiger partial charge in [0.25, 0.3) is 0 Å². The average molecular weight is 431 g/mol. The van der Waals surface area contributed by atoms with E-state index in [-0.39, 0.29) is 12.5 Å². The van der Waals surface area contributed by atoms with E-state index in [1.807, 2.05) is 56.3 Å². The molecule has 0 aliphatic heterocycles. The SMILES string of the molecule is COc1ccc(-c2cc3nn(CC(=O)NCc4ccc(C)c(C)c4)c(=O)n3c(C)n2)cc1. The van der Waals surface area contributed by atoms with Crippen molar-refractivity contribution in [1.82, 2.24) is 24.5 Å². The number of aromatic nitrogens is 4. The number of benzene rings is 2. The van der Waals surface area contributed by atoms with Crippen LogP contribution >= 0.6 is 0 Å². The van der Waals surface area contributed by atoms with Crippen molar-refractivity contribution in [2.24, 2.45) is 0 Å².